The van der Waals surface area contributed by atoms with Gasteiger partial charge in [-0.2, -0.15) is 17.6 Å². The molecule has 0 amide bonds. The lowest BCUT2D eigenvalue weighted by molar-refractivity contribution is -0.138. The summed E-state index contributed by atoms with van der Waals surface area (Å²) in [6.07, 6.45) is -3.51. The van der Waals surface area contributed by atoms with Crippen LogP contribution in [0.25, 0.3) is 11.3 Å². The predicted octanol–water partition coefficient (Wildman–Crippen LogP) is 4.69. The van der Waals surface area contributed by atoms with Gasteiger partial charge >= 0.3 is 12.1 Å². The van der Waals surface area contributed by atoms with Crippen molar-refractivity contribution in [2.24, 2.45) is 5.92 Å². The van der Waals surface area contributed by atoms with Crippen LogP contribution in [-0.2, 0) is 11.0 Å². The van der Waals surface area contributed by atoms with E-state index in [1.54, 1.807) is 4.90 Å². The Labute approximate surface area is 230 Å². The first-order chi connectivity index (χ1) is 19.0. The molecule has 2 aliphatic rings. The number of aromatic nitrogens is 3. The van der Waals surface area contributed by atoms with Crippen molar-refractivity contribution in [3.05, 3.63) is 41.7 Å². The fourth-order valence-electron chi connectivity index (χ4n) is 4.73. The number of halogens is 5. The van der Waals surface area contributed by atoms with E-state index in [0.717, 1.165) is 23.5 Å². The number of thiazole rings is 1. The van der Waals surface area contributed by atoms with E-state index >= 15 is 4.39 Å². The maximum absolute atomic E-state index is 15.5. The standard InChI is InChI=1S/C25H26F5N7O2S/c1-14-11-37(12-14)23-20(15-8-16(25(28,29)30)10-17(26)9-15)33-24(40-23)34-21-19(27)22(32-13-31-21)36-6-4-35(5-7-36)3-2-18(38)39/h8-10,13-14H,2-7,11-12H2,1H3,(H,38,39)(H,31,32,33,34). The topological polar surface area (TPSA) is 97.7 Å². The van der Waals surface area contributed by atoms with Crippen molar-refractivity contribution < 1.29 is 31.9 Å². The average Bonchev–Trinajstić information content (AvgIpc) is 3.29. The van der Waals surface area contributed by atoms with Gasteiger partial charge in [-0.3, -0.25) is 9.69 Å². The number of alkyl halides is 3. The van der Waals surface area contributed by atoms with Gasteiger partial charge in [-0.1, -0.05) is 18.3 Å². The number of aliphatic carboxylic acids is 1. The molecule has 0 spiro atoms. The number of carbonyl (C=O) groups is 1. The molecule has 0 aliphatic carbocycles. The number of carboxylic acid groups (broad SMARTS) is 1. The average molecular weight is 584 g/mol. The summed E-state index contributed by atoms with van der Waals surface area (Å²) in [6.45, 7) is 5.70. The van der Waals surface area contributed by atoms with Crippen molar-refractivity contribution in [2.75, 3.05) is 60.9 Å². The van der Waals surface area contributed by atoms with Crippen molar-refractivity contribution in [2.45, 2.75) is 19.5 Å². The lowest BCUT2D eigenvalue weighted by Crippen LogP contribution is -2.47. The van der Waals surface area contributed by atoms with Gasteiger partial charge in [0.05, 0.1) is 12.0 Å². The first-order valence-corrected chi connectivity index (χ1v) is 13.4. The van der Waals surface area contributed by atoms with Crippen LogP contribution in [0, 0.1) is 17.6 Å². The highest BCUT2D eigenvalue weighted by Crippen LogP contribution is 2.44. The lowest BCUT2D eigenvalue weighted by atomic mass is 10.0. The third-order valence-corrected chi connectivity index (χ3v) is 7.80. The number of hydrogen-bond donors (Lipinski definition) is 2. The molecule has 15 heteroatoms. The van der Waals surface area contributed by atoms with E-state index < -0.39 is 29.3 Å². The molecule has 2 fully saturated rings. The second-order valence-electron chi connectivity index (χ2n) is 9.87. The molecule has 2 aromatic heterocycles. The van der Waals surface area contributed by atoms with Gasteiger partial charge in [-0.25, -0.2) is 19.3 Å². The monoisotopic (exact) mass is 583 g/mol. The van der Waals surface area contributed by atoms with Crippen molar-refractivity contribution in [1.82, 2.24) is 19.9 Å². The number of benzene rings is 1. The third kappa shape index (κ3) is 6.09. The van der Waals surface area contributed by atoms with Gasteiger partial charge in [0, 0.05) is 51.4 Å². The van der Waals surface area contributed by atoms with Gasteiger partial charge in [0.2, 0.25) is 5.82 Å². The third-order valence-electron chi connectivity index (χ3n) is 6.77. The summed E-state index contributed by atoms with van der Waals surface area (Å²) in [5, 5.41) is 12.4. The van der Waals surface area contributed by atoms with Gasteiger partial charge in [0.1, 0.15) is 22.8 Å². The van der Waals surface area contributed by atoms with Crippen molar-refractivity contribution in [3.63, 3.8) is 0 Å². The smallest absolute Gasteiger partial charge is 0.416 e. The Bertz CT molecular complexity index is 1390. The summed E-state index contributed by atoms with van der Waals surface area (Å²) in [4.78, 5) is 29.0. The normalized spacial score (nSPS) is 16.8. The number of hydrogen-bond acceptors (Lipinski definition) is 9. The molecule has 2 aliphatic heterocycles. The summed E-state index contributed by atoms with van der Waals surface area (Å²) in [7, 11) is 0. The fourth-order valence-corrected chi connectivity index (χ4v) is 5.74. The molecule has 0 radical (unpaired) electrons. The van der Waals surface area contributed by atoms with E-state index in [9.17, 15) is 22.4 Å². The Morgan fingerprint density at radius 2 is 1.82 bits per heavy atom. The quantitative estimate of drug-likeness (QED) is 0.366. The molecule has 9 nitrogen and oxygen atoms in total. The van der Waals surface area contributed by atoms with Crippen molar-refractivity contribution in [1.29, 1.82) is 0 Å². The zero-order valence-corrected chi connectivity index (χ0v) is 22.2. The molecule has 1 aromatic carbocycles. The number of carboxylic acids is 1. The van der Waals surface area contributed by atoms with Crippen LogP contribution in [0.1, 0.15) is 18.9 Å². The van der Waals surface area contributed by atoms with Gasteiger partial charge < -0.3 is 20.2 Å². The van der Waals surface area contributed by atoms with Gasteiger partial charge in [-0.05, 0) is 24.1 Å². The number of rotatable bonds is 8. The van der Waals surface area contributed by atoms with Crippen LogP contribution in [0.3, 0.4) is 0 Å². The van der Waals surface area contributed by atoms with Crippen LogP contribution in [0.5, 0.6) is 0 Å². The molecule has 0 bridgehead atoms. The molecule has 2 saturated heterocycles. The zero-order valence-electron chi connectivity index (χ0n) is 21.4. The van der Waals surface area contributed by atoms with Gasteiger partial charge in [0.15, 0.2) is 16.8 Å². The van der Waals surface area contributed by atoms with E-state index in [0.29, 0.717) is 62.8 Å². The molecule has 214 valence electrons. The van der Waals surface area contributed by atoms with Gasteiger partial charge in [-0.15, -0.1) is 0 Å². The minimum absolute atomic E-state index is 0.0250. The minimum atomic E-state index is -4.73. The van der Waals surface area contributed by atoms with E-state index in [1.165, 1.54) is 6.33 Å². The maximum atomic E-state index is 15.5. The number of piperazine rings is 1. The second-order valence-corrected chi connectivity index (χ2v) is 10.8. The molecule has 4 heterocycles. The minimum Gasteiger partial charge on any atom is -0.481 e. The molecule has 0 unspecified atom stereocenters. The van der Waals surface area contributed by atoms with Crippen LogP contribution < -0.4 is 15.1 Å². The molecular formula is C25H26F5N7O2S. The Morgan fingerprint density at radius 3 is 2.48 bits per heavy atom. The molecular weight excluding hydrogens is 557 g/mol. The molecule has 2 N–H and O–H groups in total. The SMILES string of the molecule is CC1CN(c2sc(Nc3ncnc(N4CCN(CCC(=O)O)CC4)c3F)nc2-c2cc(F)cc(C(F)(F)F)c2)C1. The molecule has 5 rings (SSSR count). The van der Waals surface area contributed by atoms with Gasteiger partial charge in [0.25, 0.3) is 0 Å². The summed E-state index contributed by atoms with van der Waals surface area (Å²) in [5.41, 5.74) is -0.991. The summed E-state index contributed by atoms with van der Waals surface area (Å²) in [5.74, 6) is -2.35. The second kappa shape index (κ2) is 11.1. The summed E-state index contributed by atoms with van der Waals surface area (Å²) >= 11 is 1.12. The Kier molecular flexibility index (Phi) is 7.77. The predicted molar refractivity (Wildman–Crippen MR) is 140 cm³/mol. The number of nitrogens with zero attached hydrogens (tertiary/aromatic N) is 6. The Morgan fingerprint density at radius 1 is 1.10 bits per heavy atom. The van der Waals surface area contributed by atoms with Crippen LogP contribution in [0.4, 0.5) is 43.7 Å². The number of anilines is 4. The largest absolute Gasteiger partial charge is 0.481 e. The molecule has 40 heavy (non-hydrogen) atoms. The van der Waals surface area contributed by atoms with E-state index in [1.807, 2.05) is 16.7 Å². The highest BCUT2D eigenvalue weighted by atomic mass is 32.1. The molecule has 0 saturated carbocycles. The summed E-state index contributed by atoms with van der Waals surface area (Å²) < 4.78 is 69.9. The van der Waals surface area contributed by atoms with E-state index in [2.05, 4.69) is 20.3 Å². The van der Waals surface area contributed by atoms with Crippen LogP contribution in [0.15, 0.2) is 24.5 Å². The zero-order chi connectivity index (χ0) is 28.6. The van der Waals surface area contributed by atoms with Crippen molar-refractivity contribution >= 4 is 39.1 Å². The van der Waals surface area contributed by atoms with E-state index in [-0.39, 0.29) is 34.4 Å². The Balaban J connectivity index is 1.39. The van der Waals surface area contributed by atoms with E-state index in [4.69, 9.17) is 5.11 Å². The maximum Gasteiger partial charge on any atom is 0.416 e. The number of nitrogens with one attached hydrogen (secondary N) is 1. The van der Waals surface area contributed by atoms with Crippen molar-refractivity contribution in [3.8, 4) is 11.3 Å². The van der Waals surface area contributed by atoms with Crippen LogP contribution in [0.2, 0.25) is 0 Å². The lowest BCUT2D eigenvalue weighted by Gasteiger charge is -2.38. The molecule has 3 aromatic rings. The first kappa shape index (κ1) is 28.0. The van der Waals surface area contributed by atoms with Crippen LogP contribution in [-0.4, -0.2) is 76.7 Å². The highest BCUT2D eigenvalue weighted by molar-refractivity contribution is 7.20. The summed E-state index contributed by atoms with van der Waals surface area (Å²) in [6, 6.07) is 2.29. The Hall–Kier alpha value is -3.59. The fraction of sp³-hybridized carbons (Fsp3) is 0.440. The van der Waals surface area contributed by atoms with Crippen LogP contribution >= 0.6 is 11.3 Å². The first-order valence-electron chi connectivity index (χ1n) is 12.6. The highest BCUT2D eigenvalue weighted by Gasteiger charge is 2.33. The molecule has 0 atom stereocenters.